The molecule has 3 aliphatic heterocycles. The molecule has 0 amide bonds. The van der Waals surface area contributed by atoms with E-state index < -0.39 is 5.60 Å². The molecule has 1 spiro atoms. The summed E-state index contributed by atoms with van der Waals surface area (Å²) in [6.45, 7) is 8.22. The maximum Gasteiger partial charge on any atom is 0.340 e. The molecule has 5 heteroatoms. The Labute approximate surface area is 200 Å². The Morgan fingerprint density at radius 2 is 1.65 bits per heavy atom. The Kier molecular flexibility index (Phi) is 5.01. The van der Waals surface area contributed by atoms with Crippen LogP contribution in [0.1, 0.15) is 60.2 Å². The average Bonchev–Trinajstić information content (AvgIpc) is 3.18. The van der Waals surface area contributed by atoms with Crippen molar-refractivity contribution < 1.29 is 14.3 Å². The number of carbonyl (C=O) groups is 1. The van der Waals surface area contributed by atoms with E-state index in [4.69, 9.17) is 9.47 Å². The number of esters is 1. The number of carbonyl (C=O) groups excluding carboxylic acids is 1. The van der Waals surface area contributed by atoms with Crippen LogP contribution < -0.4 is 14.5 Å². The molecule has 0 aliphatic carbocycles. The topological polar surface area (TPSA) is 42.0 Å². The van der Waals surface area contributed by atoms with Crippen molar-refractivity contribution in [3.8, 4) is 11.5 Å². The lowest BCUT2D eigenvalue weighted by atomic mass is 9.77. The minimum atomic E-state index is -1.01. The summed E-state index contributed by atoms with van der Waals surface area (Å²) in [6, 6.07) is 20.4. The lowest BCUT2D eigenvalue weighted by Crippen LogP contribution is -2.34. The summed E-state index contributed by atoms with van der Waals surface area (Å²) < 4.78 is 12.9. The lowest BCUT2D eigenvalue weighted by molar-refractivity contribution is 0.0224. The van der Waals surface area contributed by atoms with E-state index in [-0.39, 0.29) is 5.97 Å². The minimum absolute atomic E-state index is 0.286. The number of fused-ring (bicyclic) bond motifs is 6. The first-order valence-corrected chi connectivity index (χ1v) is 12.5. The van der Waals surface area contributed by atoms with Gasteiger partial charge in [-0.1, -0.05) is 18.2 Å². The third-order valence-electron chi connectivity index (χ3n) is 7.53. The predicted molar refractivity (Wildman–Crippen MR) is 134 cm³/mol. The molecule has 1 saturated heterocycles. The van der Waals surface area contributed by atoms with E-state index in [1.54, 1.807) is 0 Å². The molecule has 3 heterocycles. The lowest BCUT2D eigenvalue weighted by Gasteiger charge is -2.38. The molecule has 5 nitrogen and oxygen atoms in total. The molecule has 0 radical (unpaired) electrons. The molecule has 3 aromatic rings. The molecule has 1 unspecified atom stereocenters. The second-order valence-corrected chi connectivity index (χ2v) is 9.30. The fourth-order valence-corrected chi connectivity index (χ4v) is 5.78. The van der Waals surface area contributed by atoms with Crippen molar-refractivity contribution in [1.29, 1.82) is 0 Å². The Hall–Kier alpha value is -3.47. The highest BCUT2D eigenvalue weighted by Crippen LogP contribution is 2.57. The number of hydrogen-bond donors (Lipinski definition) is 0. The van der Waals surface area contributed by atoms with Crippen LogP contribution in [0.2, 0.25) is 0 Å². The molecule has 1 atom stereocenters. The first kappa shape index (κ1) is 21.1. The highest BCUT2D eigenvalue weighted by Gasteiger charge is 2.53. The smallest absolute Gasteiger partial charge is 0.340 e. The molecule has 1 fully saturated rings. The Morgan fingerprint density at radius 1 is 0.853 bits per heavy atom. The maximum absolute atomic E-state index is 13.1. The van der Waals surface area contributed by atoms with Gasteiger partial charge in [0.15, 0.2) is 5.60 Å². The summed E-state index contributed by atoms with van der Waals surface area (Å²) in [6.07, 6.45) is 3.68. The molecule has 0 aromatic heterocycles. The Morgan fingerprint density at radius 3 is 2.44 bits per heavy atom. The zero-order valence-corrected chi connectivity index (χ0v) is 19.8. The van der Waals surface area contributed by atoms with Crippen molar-refractivity contribution in [3.05, 3.63) is 82.9 Å². The summed E-state index contributed by atoms with van der Waals surface area (Å²) in [5.74, 6) is 1.20. The van der Waals surface area contributed by atoms with Crippen molar-refractivity contribution in [3.63, 3.8) is 0 Å². The fourth-order valence-electron chi connectivity index (χ4n) is 5.78. The number of benzene rings is 3. The Balaban J connectivity index is 1.57. The Bertz CT molecular complexity index is 1260. The number of ether oxygens (including phenoxy) is 2. The summed E-state index contributed by atoms with van der Waals surface area (Å²) in [4.78, 5) is 17.9. The molecule has 6 rings (SSSR count). The third-order valence-corrected chi connectivity index (χ3v) is 7.53. The van der Waals surface area contributed by atoms with Gasteiger partial charge < -0.3 is 19.3 Å². The number of anilines is 2. The number of nitrogens with zero attached hydrogens (tertiary/aromatic N) is 2. The number of rotatable bonds is 4. The van der Waals surface area contributed by atoms with Gasteiger partial charge >= 0.3 is 5.97 Å². The van der Waals surface area contributed by atoms with E-state index in [0.29, 0.717) is 5.56 Å². The maximum atomic E-state index is 13.1. The molecule has 3 aromatic carbocycles. The van der Waals surface area contributed by atoms with E-state index in [1.165, 1.54) is 19.3 Å². The van der Waals surface area contributed by atoms with Gasteiger partial charge in [-0.3, -0.25) is 0 Å². The van der Waals surface area contributed by atoms with Crippen LogP contribution in [0.4, 0.5) is 11.4 Å². The van der Waals surface area contributed by atoms with Crippen molar-refractivity contribution >= 4 is 17.3 Å². The molecule has 0 N–H and O–H groups in total. The van der Waals surface area contributed by atoms with Gasteiger partial charge in [0.25, 0.3) is 0 Å². The van der Waals surface area contributed by atoms with Crippen LogP contribution in [-0.2, 0) is 10.3 Å². The van der Waals surface area contributed by atoms with Crippen molar-refractivity contribution in [2.24, 2.45) is 0 Å². The van der Waals surface area contributed by atoms with Crippen LogP contribution in [0, 0.1) is 0 Å². The van der Waals surface area contributed by atoms with E-state index in [2.05, 4.69) is 54.0 Å². The third kappa shape index (κ3) is 3.03. The van der Waals surface area contributed by atoms with E-state index >= 15 is 0 Å². The van der Waals surface area contributed by atoms with Crippen LogP contribution in [0.15, 0.2) is 60.7 Å². The van der Waals surface area contributed by atoms with Gasteiger partial charge in [-0.2, -0.15) is 0 Å². The molecular formula is C29H30N2O3. The van der Waals surface area contributed by atoms with Crippen LogP contribution in [0.25, 0.3) is 0 Å². The van der Waals surface area contributed by atoms with Gasteiger partial charge in [-0.25, -0.2) is 4.79 Å². The van der Waals surface area contributed by atoms with Crippen molar-refractivity contribution in [2.75, 3.05) is 36.0 Å². The van der Waals surface area contributed by atoms with Crippen LogP contribution in [0.5, 0.6) is 11.5 Å². The molecule has 0 bridgehead atoms. The van der Waals surface area contributed by atoms with E-state index in [1.807, 2.05) is 30.3 Å². The summed E-state index contributed by atoms with van der Waals surface area (Å²) in [5, 5.41) is 0. The van der Waals surface area contributed by atoms with Crippen LogP contribution in [0.3, 0.4) is 0 Å². The SMILES string of the molecule is CCN(CC)c1ccc2c(c1)Oc1ccc(N3CCCCC3)cc1C21OC(=O)c2ccccc21. The molecule has 174 valence electrons. The molecule has 0 saturated carbocycles. The highest BCUT2D eigenvalue weighted by molar-refractivity contribution is 5.97. The van der Waals surface area contributed by atoms with Gasteiger partial charge in [0.05, 0.1) is 5.56 Å². The number of hydrogen-bond acceptors (Lipinski definition) is 5. The van der Waals surface area contributed by atoms with E-state index in [9.17, 15) is 4.79 Å². The van der Waals surface area contributed by atoms with Crippen LogP contribution in [-0.4, -0.2) is 32.1 Å². The number of piperidine rings is 1. The minimum Gasteiger partial charge on any atom is -0.456 e. The van der Waals surface area contributed by atoms with Crippen molar-refractivity contribution in [2.45, 2.75) is 38.7 Å². The molecule has 3 aliphatic rings. The summed E-state index contributed by atoms with van der Waals surface area (Å²) in [5.41, 5.74) is 4.54. The van der Waals surface area contributed by atoms with E-state index in [0.717, 1.165) is 65.7 Å². The zero-order chi connectivity index (χ0) is 23.3. The predicted octanol–water partition coefficient (Wildman–Crippen LogP) is 6.09. The van der Waals surface area contributed by atoms with Gasteiger partial charge in [0.1, 0.15) is 11.5 Å². The zero-order valence-electron chi connectivity index (χ0n) is 19.8. The van der Waals surface area contributed by atoms with Crippen LogP contribution >= 0.6 is 0 Å². The van der Waals surface area contributed by atoms with Crippen molar-refractivity contribution in [1.82, 2.24) is 0 Å². The second-order valence-electron chi connectivity index (χ2n) is 9.30. The van der Waals surface area contributed by atoms with Gasteiger partial charge in [0, 0.05) is 60.3 Å². The first-order valence-electron chi connectivity index (χ1n) is 12.5. The summed E-state index contributed by atoms with van der Waals surface area (Å²) in [7, 11) is 0. The van der Waals surface area contributed by atoms with Gasteiger partial charge in [0.2, 0.25) is 0 Å². The average molecular weight is 455 g/mol. The first-order chi connectivity index (χ1) is 16.7. The largest absolute Gasteiger partial charge is 0.456 e. The highest BCUT2D eigenvalue weighted by atomic mass is 16.6. The molecular weight excluding hydrogens is 424 g/mol. The molecule has 34 heavy (non-hydrogen) atoms. The second kappa shape index (κ2) is 8.08. The monoisotopic (exact) mass is 454 g/mol. The quantitative estimate of drug-likeness (QED) is 0.446. The van der Waals surface area contributed by atoms with Gasteiger partial charge in [-0.05, 0) is 69.5 Å². The standard InChI is InChI=1S/C29H30N2O3/c1-3-30(4-2)21-12-14-24-27(19-21)33-26-15-13-20(31-16-8-5-9-17-31)18-25(26)29(24)23-11-7-6-10-22(23)28(32)34-29/h6-7,10-15,18-19H,3-5,8-9,16-17H2,1-2H3. The normalized spacial score (nSPS) is 20.3. The fraction of sp³-hybridized carbons (Fsp3) is 0.345. The van der Waals surface area contributed by atoms with Gasteiger partial charge in [-0.15, -0.1) is 0 Å². The summed E-state index contributed by atoms with van der Waals surface area (Å²) >= 11 is 0.